The Hall–Kier alpha value is -2.55. The number of methoxy groups -OCH3 is 2. The first-order valence-corrected chi connectivity index (χ1v) is 6.23. The first-order chi connectivity index (χ1) is 9.74. The van der Waals surface area contributed by atoms with Crippen molar-refractivity contribution in [3.8, 4) is 0 Å². The van der Waals surface area contributed by atoms with Crippen molar-refractivity contribution >= 4 is 22.8 Å². The van der Waals surface area contributed by atoms with Gasteiger partial charge in [-0.25, -0.2) is 4.79 Å². The first kappa shape index (κ1) is 13.9. The number of carbonyl (C=O) groups excluding carboxylic acids is 1. The summed E-state index contributed by atoms with van der Waals surface area (Å²) in [7, 11) is 2.84. The molecule has 2 aromatic carbocycles. The molecule has 0 spiro atoms. The van der Waals surface area contributed by atoms with Gasteiger partial charge in [0.25, 0.3) is 0 Å². The predicted molar refractivity (Wildman–Crippen MR) is 80.1 cm³/mol. The zero-order valence-electron chi connectivity index (χ0n) is 11.5. The Morgan fingerprint density at radius 2 is 1.80 bits per heavy atom. The van der Waals surface area contributed by atoms with E-state index in [0.29, 0.717) is 5.57 Å². The van der Waals surface area contributed by atoms with Gasteiger partial charge in [-0.1, -0.05) is 42.5 Å². The second-order valence-electron chi connectivity index (χ2n) is 4.24. The number of rotatable bonds is 4. The first-order valence-electron chi connectivity index (χ1n) is 6.23. The van der Waals surface area contributed by atoms with Crippen LogP contribution in [0.4, 0.5) is 0 Å². The quantitative estimate of drug-likeness (QED) is 0.368. The molecule has 0 atom stereocenters. The maximum absolute atomic E-state index is 11.5. The molecule has 2 rings (SSSR count). The molecule has 0 aliphatic rings. The van der Waals surface area contributed by atoms with Crippen molar-refractivity contribution in [1.82, 2.24) is 0 Å². The molecule has 0 aliphatic heterocycles. The lowest BCUT2D eigenvalue weighted by molar-refractivity contribution is -0.135. The molecule has 0 heterocycles. The van der Waals surface area contributed by atoms with E-state index in [2.05, 4.69) is 22.9 Å². The summed E-state index contributed by atoms with van der Waals surface area (Å²) >= 11 is 0. The van der Waals surface area contributed by atoms with Gasteiger partial charge in [0, 0.05) is 0 Å². The fraction of sp³-hybridized carbons (Fsp3) is 0.118. The summed E-state index contributed by atoms with van der Waals surface area (Å²) in [6.07, 6.45) is 4.90. The van der Waals surface area contributed by atoms with E-state index in [9.17, 15) is 4.79 Å². The van der Waals surface area contributed by atoms with Gasteiger partial charge in [-0.05, 0) is 28.5 Å². The summed E-state index contributed by atoms with van der Waals surface area (Å²) in [6.45, 7) is 0. The number of benzene rings is 2. The molecule has 0 aliphatic carbocycles. The van der Waals surface area contributed by atoms with Gasteiger partial charge in [-0.3, -0.25) is 0 Å². The van der Waals surface area contributed by atoms with Gasteiger partial charge in [0.15, 0.2) is 0 Å². The van der Waals surface area contributed by atoms with Gasteiger partial charge in [-0.2, -0.15) is 0 Å². The van der Waals surface area contributed by atoms with Gasteiger partial charge in [0.1, 0.15) is 0 Å². The molecule has 102 valence electrons. The average Bonchev–Trinajstić information content (AvgIpc) is 2.50. The molecule has 0 bridgehead atoms. The van der Waals surface area contributed by atoms with Crippen LogP contribution in [0.5, 0.6) is 0 Å². The van der Waals surface area contributed by atoms with Crippen molar-refractivity contribution in [2.24, 2.45) is 0 Å². The van der Waals surface area contributed by atoms with Crippen LogP contribution in [0.2, 0.25) is 0 Å². The van der Waals surface area contributed by atoms with Crippen LogP contribution in [0.15, 0.2) is 60.4 Å². The second-order valence-corrected chi connectivity index (χ2v) is 4.24. The molecule has 0 amide bonds. The van der Waals surface area contributed by atoms with E-state index in [0.717, 1.165) is 10.9 Å². The van der Waals surface area contributed by atoms with Gasteiger partial charge >= 0.3 is 5.97 Å². The maximum atomic E-state index is 11.5. The Morgan fingerprint density at radius 1 is 1.05 bits per heavy atom. The molecule has 2 aromatic rings. The Labute approximate surface area is 118 Å². The molecule has 3 nitrogen and oxygen atoms in total. The van der Waals surface area contributed by atoms with Gasteiger partial charge < -0.3 is 9.47 Å². The van der Waals surface area contributed by atoms with Crippen LogP contribution < -0.4 is 0 Å². The van der Waals surface area contributed by atoms with Crippen LogP contribution in [-0.2, 0) is 14.3 Å². The summed E-state index contributed by atoms with van der Waals surface area (Å²) < 4.78 is 9.56. The van der Waals surface area contributed by atoms with Crippen molar-refractivity contribution in [2.75, 3.05) is 14.2 Å². The molecular weight excluding hydrogens is 252 g/mol. The van der Waals surface area contributed by atoms with Crippen molar-refractivity contribution in [3.05, 3.63) is 65.9 Å². The molecule has 0 saturated carbocycles. The van der Waals surface area contributed by atoms with Crippen LogP contribution >= 0.6 is 0 Å². The SMILES string of the molecule is CO/C=C(\C=C/c1ccc2ccccc2c1)C(=O)OC. The van der Waals surface area contributed by atoms with E-state index in [-0.39, 0.29) is 0 Å². The molecule has 0 radical (unpaired) electrons. The van der Waals surface area contributed by atoms with Gasteiger partial charge in [-0.15, -0.1) is 0 Å². The highest BCUT2D eigenvalue weighted by molar-refractivity contribution is 5.93. The number of ether oxygens (including phenoxy) is 2. The third-order valence-corrected chi connectivity index (χ3v) is 2.89. The Bertz CT molecular complexity index is 669. The second kappa shape index (κ2) is 6.57. The highest BCUT2D eigenvalue weighted by Crippen LogP contribution is 2.17. The minimum absolute atomic E-state index is 0.364. The molecule has 20 heavy (non-hydrogen) atoms. The normalized spacial score (nSPS) is 11.8. The van der Waals surface area contributed by atoms with Crippen molar-refractivity contribution in [1.29, 1.82) is 0 Å². The number of fused-ring (bicyclic) bond motifs is 1. The van der Waals surface area contributed by atoms with Crippen molar-refractivity contribution in [3.63, 3.8) is 0 Å². The zero-order chi connectivity index (χ0) is 14.4. The van der Waals surface area contributed by atoms with E-state index in [1.807, 2.05) is 30.3 Å². The summed E-state index contributed by atoms with van der Waals surface area (Å²) in [6, 6.07) is 14.2. The summed E-state index contributed by atoms with van der Waals surface area (Å²) in [5.74, 6) is -0.427. The Balaban J connectivity index is 2.28. The minimum atomic E-state index is -0.427. The number of esters is 1. The standard InChI is InChI=1S/C17H16O3/c1-19-12-16(17(18)20-2)10-8-13-7-9-14-5-3-4-6-15(14)11-13/h3-12H,1-2H3/b10-8-,16-12+. The zero-order valence-corrected chi connectivity index (χ0v) is 11.5. The van der Waals surface area contributed by atoms with Crippen molar-refractivity contribution in [2.45, 2.75) is 0 Å². The highest BCUT2D eigenvalue weighted by Gasteiger charge is 2.05. The largest absolute Gasteiger partial charge is 0.503 e. The predicted octanol–water partition coefficient (Wildman–Crippen LogP) is 3.56. The van der Waals surface area contributed by atoms with Crippen LogP contribution in [0.25, 0.3) is 16.8 Å². The fourth-order valence-corrected chi connectivity index (χ4v) is 1.90. The smallest absolute Gasteiger partial charge is 0.340 e. The van der Waals surface area contributed by atoms with Gasteiger partial charge in [0.05, 0.1) is 26.1 Å². The number of hydrogen-bond acceptors (Lipinski definition) is 3. The number of carbonyl (C=O) groups is 1. The molecule has 0 N–H and O–H groups in total. The van der Waals surface area contributed by atoms with E-state index in [4.69, 9.17) is 4.74 Å². The third-order valence-electron chi connectivity index (χ3n) is 2.89. The van der Waals surface area contributed by atoms with Gasteiger partial charge in [0.2, 0.25) is 0 Å². The van der Waals surface area contributed by atoms with Crippen LogP contribution in [0, 0.1) is 0 Å². The van der Waals surface area contributed by atoms with Crippen LogP contribution in [0.3, 0.4) is 0 Å². The van der Waals surface area contributed by atoms with E-state index < -0.39 is 5.97 Å². The molecule has 0 saturated heterocycles. The maximum Gasteiger partial charge on any atom is 0.340 e. The molecule has 0 aromatic heterocycles. The number of hydrogen-bond donors (Lipinski definition) is 0. The lowest BCUT2D eigenvalue weighted by Crippen LogP contribution is -2.02. The summed E-state index contributed by atoms with van der Waals surface area (Å²) in [5, 5.41) is 2.34. The summed E-state index contributed by atoms with van der Waals surface area (Å²) in [4.78, 5) is 11.5. The van der Waals surface area contributed by atoms with E-state index in [1.165, 1.54) is 25.9 Å². The lowest BCUT2D eigenvalue weighted by atomic mass is 10.1. The monoisotopic (exact) mass is 268 g/mol. The van der Waals surface area contributed by atoms with E-state index in [1.54, 1.807) is 6.08 Å². The topological polar surface area (TPSA) is 35.5 Å². The fourth-order valence-electron chi connectivity index (χ4n) is 1.90. The molecular formula is C17H16O3. The van der Waals surface area contributed by atoms with E-state index >= 15 is 0 Å². The average molecular weight is 268 g/mol. The molecule has 3 heteroatoms. The Morgan fingerprint density at radius 3 is 2.50 bits per heavy atom. The lowest BCUT2D eigenvalue weighted by Gasteiger charge is -2.01. The summed E-state index contributed by atoms with van der Waals surface area (Å²) in [5.41, 5.74) is 1.37. The Kier molecular flexibility index (Phi) is 4.56. The molecule has 0 unspecified atom stereocenters. The van der Waals surface area contributed by atoms with Crippen LogP contribution in [-0.4, -0.2) is 20.2 Å². The van der Waals surface area contributed by atoms with Crippen molar-refractivity contribution < 1.29 is 14.3 Å². The molecule has 0 fully saturated rings. The minimum Gasteiger partial charge on any atom is -0.503 e. The third kappa shape index (κ3) is 3.26. The van der Waals surface area contributed by atoms with Crippen LogP contribution in [0.1, 0.15) is 5.56 Å². The highest BCUT2D eigenvalue weighted by atomic mass is 16.5.